The highest BCUT2D eigenvalue weighted by atomic mass is 35.5. The Kier molecular flexibility index (Phi) is 11.6. The van der Waals surface area contributed by atoms with Crippen LogP contribution in [-0.2, 0) is 26.2 Å². The molecule has 0 aliphatic rings. The molecule has 0 bridgehead atoms. The molecule has 0 saturated carbocycles. The summed E-state index contributed by atoms with van der Waals surface area (Å²) in [6.45, 7) is 6.80. The number of halogens is 3. The Labute approximate surface area is 256 Å². The summed E-state index contributed by atoms with van der Waals surface area (Å²) in [5.74, 6) is -1.15. The number of hydrogen-bond acceptors (Lipinski definition) is 5. The molecule has 3 aromatic carbocycles. The molecule has 0 radical (unpaired) electrons. The average molecular weight is 639 g/mol. The van der Waals surface area contributed by atoms with Gasteiger partial charge in [-0.1, -0.05) is 36.2 Å². The molecule has 226 valence electrons. The van der Waals surface area contributed by atoms with E-state index in [0.717, 1.165) is 16.4 Å². The van der Waals surface area contributed by atoms with E-state index >= 15 is 0 Å². The summed E-state index contributed by atoms with van der Waals surface area (Å²) in [6.07, 6.45) is 0.248. The molecule has 0 spiro atoms. The monoisotopic (exact) mass is 637 g/mol. The molecule has 0 fully saturated rings. The van der Waals surface area contributed by atoms with Gasteiger partial charge in [-0.05, 0) is 93.4 Å². The summed E-state index contributed by atoms with van der Waals surface area (Å²) >= 11 is 12.5. The van der Waals surface area contributed by atoms with Crippen LogP contribution in [0.5, 0.6) is 5.75 Å². The van der Waals surface area contributed by atoms with Gasteiger partial charge in [0.25, 0.3) is 10.0 Å². The lowest BCUT2D eigenvalue weighted by molar-refractivity contribution is -0.140. The third-order valence-electron chi connectivity index (χ3n) is 6.29. The number of nitrogens with one attached hydrogen (secondary N) is 1. The van der Waals surface area contributed by atoms with Crippen LogP contribution in [0.3, 0.4) is 0 Å². The van der Waals surface area contributed by atoms with E-state index in [1.165, 1.54) is 47.4 Å². The fourth-order valence-electron chi connectivity index (χ4n) is 4.27. The second-order valence-electron chi connectivity index (χ2n) is 9.74. The highest BCUT2D eigenvalue weighted by Gasteiger charge is 2.34. The molecule has 8 nitrogen and oxygen atoms in total. The average Bonchev–Trinajstić information content (AvgIpc) is 2.93. The Balaban J connectivity index is 2.07. The normalized spacial score (nSPS) is 12.1. The maximum atomic E-state index is 14.1. The lowest BCUT2D eigenvalue weighted by Gasteiger charge is -2.33. The summed E-state index contributed by atoms with van der Waals surface area (Å²) in [5.41, 5.74) is 0.593. The van der Waals surface area contributed by atoms with Crippen LogP contribution >= 0.6 is 23.2 Å². The minimum atomic E-state index is -4.32. The molecular weight excluding hydrogens is 604 g/mol. The van der Waals surface area contributed by atoms with Gasteiger partial charge in [-0.15, -0.1) is 0 Å². The molecule has 1 unspecified atom stereocenters. The largest absolute Gasteiger partial charge is 0.494 e. The number of nitrogens with zero attached hydrogens (tertiary/aromatic N) is 2. The van der Waals surface area contributed by atoms with E-state index in [1.54, 1.807) is 39.8 Å². The van der Waals surface area contributed by atoms with Crippen molar-refractivity contribution >= 4 is 50.7 Å². The van der Waals surface area contributed by atoms with Gasteiger partial charge >= 0.3 is 0 Å². The van der Waals surface area contributed by atoms with Crippen molar-refractivity contribution in [2.75, 3.05) is 17.5 Å². The molecule has 1 N–H and O–H groups in total. The van der Waals surface area contributed by atoms with Crippen molar-refractivity contribution in [3.05, 3.63) is 88.2 Å². The van der Waals surface area contributed by atoms with Crippen LogP contribution in [0.15, 0.2) is 71.6 Å². The van der Waals surface area contributed by atoms with Crippen LogP contribution in [0, 0.1) is 5.82 Å². The van der Waals surface area contributed by atoms with Crippen LogP contribution in [-0.4, -0.2) is 50.4 Å². The number of hydrogen-bond donors (Lipinski definition) is 1. The number of benzene rings is 3. The molecule has 3 aromatic rings. The van der Waals surface area contributed by atoms with Gasteiger partial charge in [-0.2, -0.15) is 0 Å². The first-order valence-corrected chi connectivity index (χ1v) is 15.6. The first kappa shape index (κ1) is 33.2. The lowest BCUT2D eigenvalue weighted by atomic mass is 10.1. The van der Waals surface area contributed by atoms with Gasteiger partial charge in [0, 0.05) is 22.6 Å². The van der Waals surface area contributed by atoms with Gasteiger partial charge in [0.1, 0.15) is 24.2 Å². The zero-order valence-corrected chi connectivity index (χ0v) is 26.1. The van der Waals surface area contributed by atoms with Crippen LogP contribution in [0.25, 0.3) is 0 Å². The smallest absolute Gasteiger partial charge is 0.264 e. The van der Waals surface area contributed by atoms with E-state index < -0.39 is 40.2 Å². The van der Waals surface area contributed by atoms with E-state index in [1.807, 2.05) is 0 Å². The molecule has 0 aromatic heterocycles. The van der Waals surface area contributed by atoms with E-state index in [4.69, 9.17) is 27.9 Å². The molecule has 12 heteroatoms. The predicted molar refractivity (Wildman–Crippen MR) is 163 cm³/mol. The van der Waals surface area contributed by atoms with Crippen LogP contribution in [0.1, 0.15) is 39.7 Å². The highest BCUT2D eigenvalue weighted by molar-refractivity contribution is 7.92. The van der Waals surface area contributed by atoms with Crippen molar-refractivity contribution in [1.29, 1.82) is 0 Å². The quantitative estimate of drug-likeness (QED) is 0.246. The van der Waals surface area contributed by atoms with Crippen molar-refractivity contribution in [2.24, 2.45) is 0 Å². The van der Waals surface area contributed by atoms with Gasteiger partial charge in [0.05, 0.1) is 17.2 Å². The van der Waals surface area contributed by atoms with Crippen molar-refractivity contribution in [2.45, 2.75) is 57.6 Å². The van der Waals surface area contributed by atoms with E-state index in [2.05, 4.69) is 5.32 Å². The third-order valence-corrected chi connectivity index (χ3v) is 8.66. The zero-order chi connectivity index (χ0) is 31.0. The minimum absolute atomic E-state index is 0.0720. The first-order valence-electron chi connectivity index (χ1n) is 13.4. The van der Waals surface area contributed by atoms with E-state index in [9.17, 15) is 22.4 Å². The second kappa shape index (κ2) is 14.7. The molecule has 3 rings (SSSR count). The topological polar surface area (TPSA) is 96.0 Å². The van der Waals surface area contributed by atoms with E-state index in [-0.39, 0.29) is 34.6 Å². The van der Waals surface area contributed by atoms with Crippen molar-refractivity contribution < 1.29 is 27.1 Å². The third kappa shape index (κ3) is 8.36. The summed E-state index contributed by atoms with van der Waals surface area (Å²) in [5, 5.41) is 3.52. The molecule has 0 aliphatic heterocycles. The van der Waals surface area contributed by atoms with Gasteiger partial charge in [-0.3, -0.25) is 13.9 Å². The molecule has 2 amide bonds. The Morgan fingerprint density at radius 1 is 0.976 bits per heavy atom. The molecule has 0 saturated heterocycles. The lowest BCUT2D eigenvalue weighted by Crippen LogP contribution is -2.53. The van der Waals surface area contributed by atoms with Gasteiger partial charge in [0.2, 0.25) is 11.8 Å². The highest BCUT2D eigenvalue weighted by Crippen LogP contribution is 2.28. The zero-order valence-electron chi connectivity index (χ0n) is 23.8. The van der Waals surface area contributed by atoms with Crippen molar-refractivity contribution in [3.8, 4) is 5.75 Å². The Bertz CT molecular complexity index is 1490. The fraction of sp³-hybridized carbons (Fsp3) is 0.333. The number of carbonyl (C=O) groups is 2. The SMILES string of the molecule is CCOc1ccc(S(=O)(=O)N(CC(=O)N(Cc2ccc(Cl)cc2Cl)C(CC)C(=O)NC(C)C)c2ccc(F)cc2)cc1. The summed E-state index contributed by atoms with van der Waals surface area (Å²) < 4.78 is 48.0. The maximum Gasteiger partial charge on any atom is 0.264 e. The number of ether oxygens (including phenoxy) is 1. The van der Waals surface area contributed by atoms with Crippen LogP contribution in [0.4, 0.5) is 10.1 Å². The van der Waals surface area contributed by atoms with Crippen molar-refractivity contribution in [3.63, 3.8) is 0 Å². The number of sulfonamides is 1. The first-order chi connectivity index (χ1) is 19.9. The van der Waals surface area contributed by atoms with Crippen LogP contribution < -0.4 is 14.4 Å². The molecule has 0 heterocycles. The van der Waals surface area contributed by atoms with Crippen molar-refractivity contribution in [1.82, 2.24) is 10.2 Å². The summed E-state index contributed by atoms with van der Waals surface area (Å²) in [4.78, 5) is 28.5. The molecule has 42 heavy (non-hydrogen) atoms. The second-order valence-corrected chi connectivity index (χ2v) is 12.4. The number of carbonyl (C=O) groups excluding carboxylic acids is 2. The number of rotatable bonds is 13. The molecule has 0 aliphatic carbocycles. The van der Waals surface area contributed by atoms with Crippen LogP contribution in [0.2, 0.25) is 10.0 Å². The Hall–Kier alpha value is -3.34. The minimum Gasteiger partial charge on any atom is -0.494 e. The molecule has 1 atom stereocenters. The van der Waals surface area contributed by atoms with E-state index in [0.29, 0.717) is 22.9 Å². The predicted octanol–water partition coefficient (Wildman–Crippen LogP) is 6.06. The maximum absolute atomic E-state index is 14.1. The summed E-state index contributed by atoms with van der Waals surface area (Å²) in [6, 6.07) is 14.2. The Morgan fingerprint density at radius 2 is 1.62 bits per heavy atom. The number of anilines is 1. The van der Waals surface area contributed by atoms with Gasteiger partial charge in [0.15, 0.2) is 0 Å². The number of amides is 2. The Morgan fingerprint density at radius 3 is 2.17 bits per heavy atom. The molecular formula is C30H34Cl2FN3O5S. The van der Waals surface area contributed by atoms with Gasteiger partial charge < -0.3 is 15.0 Å². The van der Waals surface area contributed by atoms with Gasteiger partial charge in [-0.25, -0.2) is 12.8 Å². The summed E-state index contributed by atoms with van der Waals surface area (Å²) in [7, 11) is -4.32. The fourth-order valence-corrected chi connectivity index (χ4v) is 6.15. The standard InChI is InChI=1S/C30H34Cl2FN3O5S/c1-5-28(30(38)34-20(3)4)35(18-21-7-8-22(31)17-27(21)32)29(37)19-36(24-11-9-23(33)10-12-24)42(39,40)26-15-13-25(14-16-26)41-6-2/h7-17,20,28H,5-6,18-19H2,1-4H3,(H,34,38).